The van der Waals surface area contributed by atoms with E-state index < -0.39 is 33.8 Å². The third-order valence-corrected chi connectivity index (χ3v) is 5.75. The molecule has 2 aromatic rings. The van der Waals surface area contributed by atoms with E-state index in [9.17, 15) is 17.6 Å². The summed E-state index contributed by atoms with van der Waals surface area (Å²) in [6.07, 6.45) is 0. The van der Waals surface area contributed by atoms with Crippen molar-refractivity contribution in [1.82, 2.24) is 10.0 Å². The number of carbonyl (C=O) groups excluding carboxylic acids is 1. The Hall–Kier alpha value is -2.25. The van der Waals surface area contributed by atoms with E-state index in [4.69, 9.17) is 0 Å². The highest BCUT2D eigenvalue weighted by molar-refractivity contribution is 7.89. The molecule has 2 aromatic carbocycles. The van der Waals surface area contributed by atoms with Crippen LogP contribution in [-0.2, 0) is 14.8 Å². The van der Waals surface area contributed by atoms with Gasteiger partial charge in [0.25, 0.3) is 0 Å². The van der Waals surface area contributed by atoms with Crippen molar-refractivity contribution in [2.75, 3.05) is 0 Å². The van der Waals surface area contributed by atoms with Gasteiger partial charge in [0.1, 0.15) is 11.9 Å². The summed E-state index contributed by atoms with van der Waals surface area (Å²) >= 11 is 0. The third-order valence-electron chi connectivity index (χ3n) is 4.29. The summed E-state index contributed by atoms with van der Waals surface area (Å²) in [6.45, 7) is 7.01. The second-order valence-corrected chi connectivity index (χ2v) is 8.62. The summed E-state index contributed by atoms with van der Waals surface area (Å²) in [7, 11) is -3.86. The number of carbonyl (C=O) groups is 1. The zero-order valence-electron chi connectivity index (χ0n) is 15.9. The molecule has 0 aliphatic rings. The molecular formula is C20H25FN2O3S. The molecule has 0 fully saturated rings. The van der Waals surface area contributed by atoms with Gasteiger partial charge >= 0.3 is 0 Å². The highest BCUT2D eigenvalue weighted by atomic mass is 32.2. The third kappa shape index (κ3) is 5.37. The molecule has 0 aliphatic carbocycles. The molecule has 0 radical (unpaired) electrons. The van der Waals surface area contributed by atoms with E-state index in [-0.39, 0.29) is 10.8 Å². The van der Waals surface area contributed by atoms with Crippen LogP contribution in [0.15, 0.2) is 53.4 Å². The molecule has 0 spiro atoms. The number of nitrogens with one attached hydrogen (secondary N) is 2. The zero-order valence-corrected chi connectivity index (χ0v) is 16.7. The zero-order chi connectivity index (χ0) is 20.2. The van der Waals surface area contributed by atoms with Crippen LogP contribution in [0.4, 0.5) is 4.39 Å². The standard InChI is InChI=1S/C20H25FN2O3S/c1-13(2)19(23-27(25,26)16-11-9-14(3)10-12-16)20(24)22-15(4)17-7-5-6-8-18(17)21/h5-13,15,19,23H,1-4H3,(H,22,24)/t15?,19-/m0/s1. The van der Waals surface area contributed by atoms with E-state index in [1.807, 2.05) is 6.92 Å². The average Bonchev–Trinajstić information content (AvgIpc) is 2.60. The smallest absolute Gasteiger partial charge is 0.241 e. The van der Waals surface area contributed by atoms with Crippen molar-refractivity contribution >= 4 is 15.9 Å². The van der Waals surface area contributed by atoms with Crippen molar-refractivity contribution in [2.24, 2.45) is 5.92 Å². The van der Waals surface area contributed by atoms with Gasteiger partial charge in [0, 0.05) is 5.56 Å². The minimum Gasteiger partial charge on any atom is -0.348 e. The number of sulfonamides is 1. The van der Waals surface area contributed by atoms with E-state index >= 15 is 0 Å². The van der Waals surface area contributed by atoms with Gasteiger partial charge in [-0.3, -0.25) is 4.79 Å². The Balaban J connectivity index is 2.17. The van der Waals surface area contributed by atoms with Crippen LogP contribution in [0.1, 0.15) is 37.9 Å². The minimum atomic E-state index is -3.86. The molecule has 2 N–H and O–H groups in total. The molecule has 5 nitrogen and oxygen atoms in total. The molecule has 7 heteroatoms. The minimum absolute atomic E-state index is 0.0914. The van der Waals surface area contributed by atoms with E-state index in [1.54, 1.807) is 51.1 Å². The first kappa shape index (κ1) is 21.1. The number of hydrogen-bond acceptors (Lipinski definition) is 3. The Labute approximate surface area is 160 Å². The molecule has 2 rings (SSSR count). The lowest BCUT2D eigenvalue weighted by Gasteiger charge is -2.24. The molecule has 0 aromatic heterocycles. The molecular weight excluding hydrogens is 367 g/mol. The van der Waals surface area contributed by atoms with Gasteiger partial charge in [0.2, 0.25) is 15.9 Å². The van der Waals surface area contributed by atoms with E-state index in [1.165, 1.54) is 18.2 Å². The monoisotopic (exact) mass is 392 g/mol. The SMILES string of the molecule is Cc1ccc(S(=O)(=O)N[C@H](C(=O)NC(C)c2ccccc2F)C(C)C)cc1. The van der Waals surface area contributed by atoms with Crippen molar-refractivity contribution in [3.63, 3.8) is 0 Å². The van der Waals surface area contributed by atoms with Crippen LogP contribution in [0.5, 0.6) is 0 Å². The molecule has 1 unspecified atom stereocenters. The number of hydrogen-bond donors (Lipinski definition) is 2. The maximum atomic E-state index is 13.9. The van der Waals surface area contributed by atoms with E-state index in [0.717, 1.165) is 5.56 Å². The van der Waals surface area contributed by atoms with E-state index in [2.05, 4.69) is 10.0 Å². The molecule has 146 valence electrons. The molecule has 0 heterocycles. The first-order valence-electron chi connectivity index (χ1n) is 8.75. The van der Waals surface area contributed by atoms with Gasteiger partial charge in [0.15, 0.2) is 0 Å². The number of rotatable bonds is 7. The van der Waals surface area contributed by atoms with Crippen molar-refractivity contribution in [2.45, 2.75) is 44.7 Å². The van der Waals surface area contributed by atoms with Crippen molar-refractivity contribution in [1.29, 1.82) is 0 Å². The predicted molar refractivity (Wildman–Crippen MR) is 103 cm³/mol. The molecule has 27 heavy (non-hydrogen) atoms. The summed E-state index contributed by atoms with van der Waals surface area (Å²) in [6, 6.07) is 11.0. The second kappa shape index (κ2) is 8.63. The number of halogens is 1. The molecule has 0 saturated carbocycles. The molecule has 1 amide bonds. The summed E-state index contributed by atoms with van der Waals surface area (Å²) in [5.74, 6) is -1.22. The first-order chi connectivity index (χ1) is 12.6. The van der Waals surface area contributed by atoms with Crippen LogP contribution in [0.25, 0.3) is 0 Å². The maximum Gasteiger partial charge on any atom is 0.241 e. The quantitative estimate of drug-likeness (QED) is 0.759. The lowest BCUT2D eigenvalue weighted by Crippen LogP contribution is -2.50. The van der Waals surface area contributed by atoms with Crippen molar-refractivity contribution in [3.8, 4) is 0 Å². The summed E-state index contributed by atoms with van der Waals surface area (Å²) in [5.41, 5.74) is 1.28. The van der Waals surface area contributed by atoms with Crippen LogP contribution in [0, 0.1) is 18.7 Å². The van der Waals surface area contributed by atoms with Gasteiger partial charge in [-0.2, -0.15) is 4.72 Å². The summed E-state index contributed by atoms with van der Waals surface area (Å²) in [5, 5.41) is 2.70. The highest BCUT2D eigenvalue weighted by Crippen LogP contribution is 2.18. The second-order valence-electron chi connectivity index (χ2n) is 6.91. The largest absolute Gasteiger partial charge is 0.348 e. The van der Waals surface area contributed by atoms with Gasteiger partial charge in [0.05, 0.1) is 10.9 Å². The molecule has 2 atom stereocenters. The lowest BCUT2D eigenvalue weighted by atomic mass is 10.0. The van der Waals surface area contributed by atoms with E-state index in [0.29, 0.717) is 5.56 Å². The molecule has 0 bridgehead atoms. The maximum absolute atomic E-state index is 13.9. The molecule has 0 aliphatic heterocycles. The van der Waals surface area contributed by atoms with Crippen molar-refractivity contribution < 1.29 is 17.6 Å². The molecule has 0 saturated heterocycles. The van der Waals surface area contributed by atoms with Crippen LogP contribution in [0.3, 0.4) is 0 Å². The number of benzene rings is 2. The highest BCUT2D eigenvalue weighted by Gasteiger charge is 2.29. The van der Waals surface area contributed by atoms with Gasteiger partial charge in [-0.25, -0.2) is 12.8 Å². The average molecular weight is 392 g/mol. The Morgan fingerprint density at radius 3 is 2.15 bits per heavy atom. The van der Waals surface area contributed by atoms with Crippen LogP contribution in [0.2, 0.25) is 0 Å². The predicted octanol–water partition coefficient (Wildman–Crippen LogP) is 3.31. The fourth-order valence-corrected chi connectivity index (χ4v) is 4.00. The Bertz CT molecular complexity index is 896. The first-order valence-corrected chi connectivity index (χ1v) is 10.2. The fraction of sp³-hybridized carbons (Fsp3) is 0.350. The Kier molecular flexibility index (Phi) is 6.73. The summed E-state index contributed by atoms with van der Waals surface area (Å²) in [4.78, 5) is 12.8. The van der Waals surface area contributed by atoms with Gasteiger partial charge in [-0.05, 0) is 38.0 Å². The number of aryl methyl sites for hydroxylation is 1. The van der Waals surface area contributed by atoms with Crippen LogP contribution < -0.4 is 10.0 Å². The van der Waals surface area contributed by atoms with Gasteiger partial charge in [-0.1, -0.05) is 49.7 Å². The number of amides is 1. The van der Waals surface area contributed by atoms with Crippen LogP contribution >= 0.6 is 0 Å². The normalized spacial score (nSPS) is 14.0. The van der Waals surface area contributed by atoms with Gasteiger partial charge in [-0.15, -0.1) is 0 Å². The van der Waals surface area contributed by atoms with Crippen LogP contribution in [-0.4, -0.2) is 20.4 Å². The Morgan fingerprint density at radius 2 is 1.59 bits per heavy atom. The van der Waals surface area contributed by atoms with Gasteiger partial charge < -0.3 is 5.32 Å². The Morgan fingerprint density at radius 1 is 1.00 bits per heavy atom. The summed E-state index contributed by atoms with van der Waals surface area (Å²) < 4.78 is 41.6. The topological polar surface area (TPSA) is 75.3 Å². The fourth-order valence-electron chi connectivity index (χ4n) is 2.65. The lowest BCUT2D eigenvalue weighted by molar-refractivity contribution is -0.124. The van der Waals surface area contributed by atoms with Crippen molar-refractivity contribution in [3.05, 3.63) is 65.5 Å².